The van der Waals surface area contributed by atoms with E-state index < -0.39 is 0 Å². The smallest absolute Gasteiger partial charge is 0.255 e. The summed E-state index contributed by atoms with van der Waals surface area (Å²) in [5.74, 6) is -0.246. The Hall–Kier alpha value is -0.800. The Morgan fingerprint density at radius 1 is 1.00 bits per heavy atom. The molecule has 3 nitrogen and oxygen atoms in total. The molecule has 1 aromatic rings. The number of halogens is 2. The number of hydrogen-bond donors (Lipinski definition) is 1. The van der Waals surface area contributed by atoms with Crippen LogP contribution in [-0.4, -0.2) is 17.4 Å². The first-order valence-corrected chi connectivity index (χ1v) is 9.50. The highest BCUT2D eigenvalue weighted by Gasteiger charge is 2.14. The molecular weight excluding hydrogens is 331 g/mol. The Morgan fingerprint density at radius 3 is 2.13 bits per heavy atom. The quantitative estimate of drug-likeness (QED) is 0.365. The lowest BCUT2D eigenvalue weighted by molar-refractivity contribution is 0.0953. The molecule has 0 aliphatic heterocycles. The number of rotatable bonds is 12. The van der Waals surface area contributed by atoms with E-state index in [4.69, 9.17) is 23.2 Å². The number of pyridine rings is 1. The first-order valence-electron chi connectivity index (χ1n) is 8.75. The van der Waals surface area contributed by atoms with Gasteiger partial charge in [0.1, 0.15) is 5.15 Å². The Bertz CT molecular complexity index is 446. The van der Waals surface area contributed by atoms with Gasteiger partial charge in [0.05, 0.1) is 10.6 Å². The number of carbonyl (C=O) groups is 1. The third-order valence-electron chi connectivity index (χ3n) is 3.90. The first-order chi connectivity index (χ1) is 11.2. The molecule has 1 aromatic heterocycles. The minimum atomic E-state index is -0.246. The van der Waals surface area contributed by atoms with Crippen molar-refractivity contribution in [3.8, 4) is 0 Å². The van der Waals surface area contributed by atoms with E-state index in [1.807, 2.05) is 0 Å². The van der Waals surface area contributed by atoms with Crippen LogP contribution in [0.2, 0.25) is 10.2 Å². The van der Waals surface area contributed by atoms with Crippen LogP contribution in [0.25, 0.3) is 0 Å². The summed E-state index contributed by atoms with van der Waals surface area (Å²) in [6.45, 7) is 2.89. The zero-order chi connectivity index (χ0) is 16.9. The molecule has 0 saturated heterocycles. The fraction of sp³-hybridized carbons (Fsp3) is 0.667. The van der Waals surface area contributed by atoms with Gasteiger partial charge in [-0.25, -0.2) is 4.98 Å². The first kappa shape index (κ1) is 20.2. The van der Waals surface area contributed by atoms with E-state index in [0.717, 1.165) is 12.8 Å². The monoisotopic (exact) mass is 358 g/mol. The summed E-state index contributed by atoms with van der Waals surface area (Å²) in [5.41, 5.74) is 0.267. The van der Waals surface area contributed by atoms with E-state index >= 15 is 0 Å². The zero-order valence-electron chi connectivity index (χ0n) is 14.0. The van der Waals surface area contributed by atoms with Crippen LogP contribution in [0.3, 0.4) is 0 Å². The molecule has 0 aliphatic carbocycles. The molecule has 0 fully saturated rings. The number of amides is 1. The van der Waals surface area contributed by atoms with Gasteiger partial charge in [-0.3, -0.25) is 4.79 Å². The summed E-state index contributed by atoms with van der Waals surface area (Å²) in [7, 11) is 0. The SMILES string of the molecule is CCCCCCCCCCCCNC(=O)c1c(Cl)ccnc1Cl. The van der Waals surface area contributed by atoms with Gasteiger partial charge in [-0.1, -0.05) is 87.9 Å². The van der Waals surface area contributed by atoms with E-state index in [2.05, 4.69) is 17.2 Å². The number of hydrogen-bond acceptors (Lipinski definition) is 2. The third kappa shape index (κ3) is 8.57. The van der Waals surface area contributed by atoms with Gasteiger partial charge in [0.25, 0.3) is 5.91 Å². The van der Waals surface area contributed by atoms with Crippen LogP contribution in [0.1, 0.15) is 81.5 Å². The molecule has 0 radical (unpaired) electrons. The van der Waals surface area contributed by atoms with Crippen LogP contribution >= 0.6 is 23.2 Å². The van der Waals surface area contributed by atoms with Crippen molar-refractivity contribution in [2.75, 3.05) is 6.54 Å². The molecule has 0 bridgehead atoms. The summed E-state index contributed by atoms with van der Waals surface area (Å²) in [4.78, 5) is 15.9. The second kappa shape index (κ2) is 12.6. The van der Waals surface area contributed by atoms with Crippen LogP contribution in [0.5, 0.6) is 0 Å². The van der Waals surface area contributed by atoms with E-state index in [0.29, 0.717) is 11.6 Å². The standard InChI is InChI=1S/C18H28Cl2N2O/c1-2-3-4-5-6-7-8-9-10-11-13-22-18(23)16-15(19)12-14-21-17(16)20/h12,14H,2-11,13H2,1H3,(H,22,23). The van der Waals surface area contributed by atoms with Crippen molar-refractivity contribution in [3.05, 3.63) is 28.0 Å². The average molecular weight is 359 g/mol. The van der Waals surface area contributed by atoms with Crippen LogP contribution in [-0.2, 0) is 0 Å². The van der Waals surface area contributed by atoms with E-state index in [1.165, 1.54) is 57.6 Å². The summed E-state index contributed by atoms with van der Waals surface area (Å²) in [6.07, 6.45) is 14.2. The minimum absolute atomic E-state index is 0.151. The molecule has 1 rings (SSSR count). The summed E-state index contributed by atoms with van der Waals surface area (Å²) < 4.78 is 0. The molecule has 0 unspecified atom stereocenters. The Labute approximate surface area is 150 Å². The number of aromatic nitrogens is 1. The lowest BCUT2D eigenvalue weighted by Gasteiger charge is -2.07. The van der Waals surface area contributed by atoms with Crippen molar-refractivity contribution in [2.45, 2.75) is 71.1 Å². The highest BCUT2D eigenvalue weighted by molar-refractivity contribution is 6.38. The Morgan fingerprint density at radius 2 is 1.57 bits per heavy atom. The van der Waals surface area contributed by atoms with Gasteiger partial charge < -0.3 is 5.32 Å². The van der Waals surface area contributed by atoms with Crippen LogP contribution in [0.15, 0.2) is 12.3 Å². The van der Waals surface area contributed by atoms with Crippen LogP contribution < -0.4 is 5.32 Å². The molecule has 0 saturated carbocycles. The van der Waals surface area contributed by atoms with Crippen LogP contribution in [0.4, 0.5) is 0 Å². The molecule has 23 heavy (non-hydrogen) atoms. The van der Waals surface area contributed by atoms with Crippen molar-refractivity contribution in [2.24, 2.45) is 0 Å². The van der Waals surface area contributed by atoms with Crippen molar-refractivity contribution in [1.29, 1.82) is 0 Å². The second-order valence-corrected chi connectivity index (χ2v) is 6.66. The van der Waals surface area contributed by atoms with Crippen molar-refractivity contribution in [1.82, 2.24) is 10.3 Å². The highest BCUT2D eigenvalue weighted by Crippen LogP contribution is 2.21. The Balaban J connectivity index is 2.04. The number of unbranched alkanes of at least 4 members (excludes halogenated alkanes) is 9. The molecule has 5 heteroatoms. The fourth-order valence-corrected chi connectivity index (χ4v) is 3.04. The van der Waals surface area contributed by atoms with Crippen molar-refractivity contribution < 1.29 is 4.79 Å². The maximum absolute atomic E-state index is 12.0. The summed E-state index contributed by atoms with van der Waals surface area (Å²) in [5, 5.41) is 3.35. The van der Waals surface area contributed by atoms with Gasteiger partial charge in [0, 0.05) is 12.7 Å². The van der Waals surface area contributed by atoms with Crippen molar-refractivity contribution in [3.63, 3.8) is 0 Å². The van der Waals surface area contributed by atoms with E-state index in [1.54, 1.807) is 6.07 Å². The summed E-state index contributed by atoms with van der Waals surface area (Å²) >= 11 is 11.9. The molecule has 1 N–H and O–H groups in total. The highest BCUT2D eigenvalue weighted by atomic mass is 35.5. The Kier molecular flexibility index (Phi) is 11.1. The molecular formula is C18H28Cl2N2O. The van der Waals surface area contributed by atoms with Gasteiger partial charge >= 0.3 is 0 Å². The van der Waals surface area contributed by atoms with Gasteiger partial charge in [-0.2, -0.15) is 0 Å². The topological polar surface area (TPSA) is 42.0 Å². The zero-order valence-corrected chi connectivity index (χ0v) is 15.6. The van der Waals surface area contributed by atoms with Gasteiger partial charge in [-0.05, 0) is 12.5 Å². The number of carbonyl (C=O) groups excluding carboxylic acids is 1. The molecule has 0 aliphatic rings. The molecule has 0 spiro atoms. The van der Waals surface area contributed by atoms with Crippen LogP contribution in [0, 0.1) is 0 Å². The fourth-order valence-electron chi connectivity index (χ4n) is 2.52. The van der Waals surface area contributed by atoms with Gasteiger partial charge in [0.2, 0.25) is 0 Å². The average Bonchev–Trinajstić information content (AvgIpc) is 2.52. The predicted octanol–water partition coefficient (Wildman–Crippen LogP) is 6.04. The normalized spacial score (nSPS) is 10.7. The van der Waals surface area contributed by atoms with E-state index in [-0.39, 0.29) is 16.6 Å². The minimum Gasteiger partial charge on any atom is -0.352 e. The lowest BCUT2D eigenvalue weighted by Crippen LogP contribution is -2.25. The lowest BCUT2D eigenvalue weighted by atomic mass is 10.1. The molecule has 1 heterocycles. The molecule has 1 amide bonds. The maximum atomic E-state index is 12.0. The summed E-state index contributed by atoms with van der Waals surface area (Å²) in [6, 6.07) is 1.57. The number of nitrogens with one attached hydrogen (secondary N) is 1. The van der Waals surface area contributed by atoms with Gasteiger partial charge in [-0.15, -0.1) is 0 Å². The van der Waals surface area contributed by atoms with Gasteiger partial charge in [0.15, 0.2) is 0 Å². The molecule has 0 aromatic carbocycles. The predicted molar refractivity (Wildman–Crippen MR) is 98.4 cm³/mol. The van der Waals surface area contributed by atoms with Crippen molar-refractivity contribution >= 4 is 29.1 Å². The molecule has 130 valence electrons. The maximum Gasteiger partial charge on any atom is 0.255 e. The second-order valence-electron chi connectivity index (χ2n) is 5.90. The third-order valence-corrected chi connectivity index (χ3v) is 4.50. The van der Waals surface area contributed by atoms with E-state index in [9.17, 15) is 4.79 Å². The number of nitrogens with zero attached hydrogens (tertiary/aromatic N) is 1. The largest absolute Gasteiger partial charge is 0.352 e. The molecule has 0 atom stereocenters.